The van der Waals surface area contributed by atoms with Crippen molar-refractivity contribution in [2.75, 3.05) is 0 Å². The second kappa shape index (κ2) is 4.48. The Balaban J connectivity index is 2.73. The maximum absolute atomic E-state index is 12.0. The number of aromatic amines is 1. The Kier molecular flexibility index (Phi) is 2.99. The van der Waals surface area contributed by atoms with Crippen molar-refractivity contribution in [1.82, 2.24) is 29.5 Å². The molecule has 0 aliphatic carbocycles. The van der Waals surface area contributed by atoms with Crippen LogP contribution in [-0.4, -0.2) is 40.6 Å². The smallest absolute Gasteiger partial charge is 0.362 e. The third-order valence-electron chi connectivity index (χ3n) is 2.55. The van der Waals surface area contributed by atoms with Gasteiger partial charge in [-0.2, -0.15) is 10.2 Å². The first-order valence-corrected chi connectivity index (χ1v) is 5.22. The predicted molar refractivity (Wildman–Crippen MR) is 60.9 cm³/mol. The van der Waals surface area contributed by atoms with Crippen molar-refractivity contribution in [3.05, 3.63) is 38.7 Å². The fourth-order valence-electron chi connectivity index (χ4n) is 1.60. The van der Waals surface area contributed by atoms with Crippen LogP contribution in [0.4, 0.5) is 0 Å². The van der Waals surface area contributed by atoms with Gasteiger partial charge >= 0.3 is 11.7 Å². The highest BCUT2D eigenvalue weighted by molar-refractivity contribution is 5.84. The number of H-pyrrole nitrogens is 1. The molecule has 0 saturated heterocycles. The van der Waals surface area contributed by atoms with Crippen LogP contribution in [0, 0.1) is 0 Å². The summed E-state index contributed by atoms with van der Waals surface area (Å²) in [6.07, 6.45) is 1.29. The molecule has 0 radical (unpaired) electrons. The van der Waals surface area contributed by atoms with E-state index in [2.05, 4.69) is 20.3 Å². The molecule has 2 heterocycles. The van der Waals surface area contributed by atoms with Crippen LogP contribution >= 0.6 is 0 Å². The van der Waals surface area contributed by atoms with Crippen LogP contribution in [0.15, 0.2) is 15.9 Å². The molecule has 2 aromatic heterocycles. The van der Waals surface area contributed by atoms with Gasteiger partial charge in [-0.3, -0.25) is 9.89 Å². The van der Waals surface area contributed by atoms with E-state index < -0.39 is 29.0 Å². The minimum atomic E-state index is -1.50. The molecular formula is C9H10N6O4. The van der Waals surface area contributed by atoms with Crippen LogP contribution in [0.3, 0.4) is 0 Å². The van der Waals surface area contributed by atoms with Crippen molar-refractivity contribution in [1.29, 1.82) is 0 Å². The minimum Gasteiger partial charge on any atom is -0.476 e. The lowest BCUT2D eigenvalue weighted by molar-refractivity contribution is 0.0683. The number of nitrogens with one attached hydrogen (secondary N) is 1. The van der Waals surface area contributed by atoms with Crippen LogP contribution < -0.4 is 11.2 Å². The van der Waals surface area contributed by atoms with Gasteiger partial charge in [0, 0.05) is 7.05 Å². The topological polar surface area (TPSA) is 136 Å². The number of rotatable bonds is 3. The summed E-state index contributed by atoms with van der Waals surface area (Å²) in [5.41, 5.74) is -2.47. The van der Waals surface area contributed by atoms with E-state index in [4.69, 9.17) is 5.11 Å². The maximum atomic E-state index is 12.0. The molecule has 19 heavy (non-hydrogen) atoms. The van der Waals surface area contributed by atoms with Crippen LogP contribution in [0.1, 0.15) is 29.3 Å². The Morgan fingerprint density at radius 2 is 2.16 bits per heavy atom. The molecule has 0 fully saturated rings. The Labute approximate surface area is 105 Å². The lowest BCUT2D eigenvalue weighted by Crippen LogP contribution is -2.45. The highest BCUT2D eigenvalue weighted by atomic mass is 16.4. The monoisotopic (exact) mass is 266 g/mol. The highest BCUT2D eigenvalue weighted by Crippen LogP contribution is 2.07. The number of carboxylic acid groups (broad SMARTS) is 1. The quantitative estimate of drug-likeness (QED) is 0.680. The molecule has 1 unspecified atom stereocenters. The van der Waals surface area contributed by atoms with Gasteiger partial charge in [-0.1, -0.05) is 0 Å². The molecule has 1 atom stereocenters. The van der Waals surface area contributed by atoms with Gasteiger partial charge in [0.25, 0.3) is 5.56 Å². The number of nitrogens with zero attached hydrogens (tertiary/aromatic N) is 5. The summed E-state index contributed by atoms with van der Waals surface area (Å²) in [4.78, 5) is 38.6. The Hall–Kier alpha value is -2.78. The second-order valence-electron chi connectivity index (χ2n) is 3.77. The molecule has 0 aromatic carbocycles. The van der Waals surface area contributed by atoms with Gasteiger partial charge in [-0.15, -0.1) is 0 Å². The molecular weight excluding hydrogens is 256 g/mol. The summed E-state index contributed by atoms with van der Waals surface area (Å²) in [5, 5.41) is 18.5. The summed E-state index contributed by atoms with van der Waals surface area (Å²) in [5.74, 6) is -1.31. The van der Waals surface area contributed by atoms with Gasteiger partial charge in [0.05, 0.1) is 0 Å². The summed E-state index contributed by atoms with van der Waals surface area (Å²) >= 11 is 0. The fourth-order valence-corrected chi connectivity index (χ4v) is 1.60. The van der Waals surface area contributed by atoms with Crippen molar-refractivity contribution >= 4 is 5.97 Å². The molecule has 0 saturated carbocycles. The minimum absolute atomic E-state index is 0.196. The average Bonchev–Trinajstić information content (AvgIpc) is 2.87. The standard InChI is InChI=1S/C9H10N6O4/c1-4(6-10-3-11-12-6)15-7(16)5(8(17)18)13-14(2)9(15)19/h3-4H,1-2H3,(H,17,18)(H,10,11,12). The Morgan fingerprint density at radius 3 is 2.68 bits per heavy atom. The Bertz CT molecular complexity index is 728. The largest absolute Gasteiger partial charge is 0.476 e. The lowest BCUT2D eigenvalue weighted by atomic mass is 10.3. The van der Waals surface area contributed by atoms with Crippen molar-refractivity contribution in [2.45, 2.75) is 13.0 Å². The molecule has 2 N–H and O–H groups in total. The molecule has 0 aliphatic rings. The number of hydrogen-bond donors (Lipinski definition) is 2. The maximum Gasteiger partial charge on any atom is 0.362 e. The molecule has 2 aromatic rings. The van der Waals surface area contributed by atoms with E-state index in [9.17, 15) is 14.4 Å². The van der Waals surface area contributed by atoms with Crippen LogP contribution in [-0.2, 0) is 7.05 Å². The van der Waals surface area contributed by atoms with E-state index in [1.54, 1.807) is 0 Å². The van der Waals surface area contributed by atoms with Crippen molar-refractivity contribution in [2.24, 2.45) is 7.05 Å². The van der Waals surface area contributed by atoms with Crippen molar-refractivity contribution in [3.8, 4) is 0 Å². The summed E-state index contributed by atoms with van der Waals surface area (Å²) in [7, 11) is 1.26. The number of aromatic nitrogens is 6. The van der Waals surface area contributed by atoms with E-state index in [-0.39, 0.29) is 5.82 Å². The highest BCUT2D eigenvalue weighted by Gasteiger charge is 2.23. The third-order valence-corrected chi connectivity index (χ3v) is 2.55. The second-order valence-corrected chi connectivity index (χ2v) is 3.77. The lowest BCUT2D eigenvalue weighted by Gasteiger charge is -2.12. The van der Waals surface area contributed by atoms with E-state index in [0.29, 0.717) is 0 Å². The zero-order chi connectivity index (χ0) is 14.2. The molecule has 0 amide bonds. The van der Waals surface area contributed by atoms with E-state index in [1.807, 2.05) is 0 Å². The summed E-state index contributed by atoms with van der Waals surface area (Å²) < 4.78 is 1.54. The molecule has 0 bridgehead atoms. The van der Waals surface area contributed by atoms with Gasteiger partial charge in [0.2, 0.25) is 5.69 Å². The van der Waals surface area contributed by atoms with Crippen LogP contribution in [0.5, 0.6) is 0 Å². The van der Waals surface area contributed by atoms with Crippen LogP contribution in [0.25, 0.3) is 0 Å². The van der Waals surface area contributed by atoms with Gasteiger partial charge in [-0.25, -0.2) is 23.8 Å². The molecule has 10 heteroatoms. The predicted octanol–water partition coefficient (Wildman–Crippen LogP) is -1.63. The number of carboxylic acids is 1. The number of hydrogen-bond acceptors (Lipinski definition) is 6. The van der Waals surface area contributed by atoms with Crippen molar-refractivity contribution < 1.29 is 9.90 Å². The number of aryl methyl sites for hydroxylation is 1. The van der Waals surface area contributed by atoms with Gasteiger partial charge in [-0.05, 0) is 6.92 Å². The first-order valence-electron chi connectivity index (χ1n) is 5.22. The van der Waals surface area contributed by atoms with E-state index in [1.165, 1.54) is 20.3 Å². The number of aromatic carboxylic acids is 1. The van der Waals surface area contributed by atoms with Gasteiger partial charge in [0.15, 0.2) is 5.82 Å². The summed E-state index contributed by atoms with van der Waals surface area (Å²) in [6, 6.07) is -0.807. The molecule has 100 valence electrons. The van der Waals surface area contributed by atoms with E-state index >= 15 is 0 Å². The van der Waals surface area contributed by atoms with Crippen molar-refractivity contribution in [3.63, 3.8) is 0 Å². The van der Waals surface area contributed by atoms with E-state index in [0.717, 1.165) is 9.25 Å². The zero-order valence-corrected chi connectivity index (χ0v) is 10.1. The fraction of sp³-hybridized carbons (Fsp3) is 0.333. The zero-order valence-electron chi connectivity index (χ0n) is 10.1. The first-order chi connectivity index (χ1) is 8.93. The summed E-state index contributed by atoms with van der Waals surface area (Å²) in [6.45, 7) is 1.51. The van der Waals surface area contributed by atoms with Gasteiger partial charge < -0.3 is 5.11 Å². The van der Waals surface area contributed by atoms with Crippen LogP contribution in [0.2, 0.25) is 0 Å². The average molecular weight is 266 g/mol. The number of carbonyl (C=O) groups is 1. The molecule has 0 aliphatic heterocycles. The molecule has 10 nitrogen and oxygen atoms in total. The normalized spacial score (nSPS) is 12.3. The third kappa shape index (κ3) is 2.03. The molecule has 2 rings (SSSR count). The SMILES string of the molecule is CC(c1nc[nH]n1)n1c(=O)c(C(=O)O)nn(C)c1=O. The Morgan fingerprint density at radius 1 is 1.47 bits per heavy atom. The first kappa shape index (κ1) is 12.7. The van der Waals surface area contributed by atoms with Gasteiger partial charge in [0.1, 0.15) is 12.4 Å². The molecule has 0 spiro atoms.